The van der Waals surface area contributed by atoms with E-state index in [1.165, 1.54) is 10.4 Å². The molecular formula is C23H28N4O3S. The van der Waals surface area contributed by atoms with Crippen molar-refractivity contribution in [2.24, 2.45) is 0 Å². The fraction of sp³-hybridized carbons (Fsp3) is 0.478. The molecule has 1 saturated heterocycles. The molecule has 2 aromatic heterocycles. The van der Waals surface area contributed by atoms with Crippen LogP contribution in [0.3, 0.4) is 0 Å². The molecule has 0 unspecified atom stereocenters. The summed E-state index contributed by atoms with van der Waals surface area (Å²) in [6, 6.07) is 6.07. The number of anilines is 1. The largest absolute Gasteiger partial charge is 0.490 e. The summed E-state index contributed by atoms with van der Waals surface area (Å²) in [5, 5.41) is 4.70. The van der Waals surface area contributed by atoms with Crippen LogP contribution < -0.4 is 14.8 Å². The molecule has 5 rings (SSSR count). The van der Waals surface area contributed by atoms with Crippen LogP contribution in [0.4, 0.5) is 5.82 Å². The third kappa shape index (κ3) is 4.33. The summed E-state index contributed by atoms with van der Waals surface area (Å²) in [7, 11) is 0. The number of aromatic nitrogens is 2. The van der Waals surface area contributed by atoms with Crippen molar-refractivity contribution >= 4 is 27.4 Å². The Balaban J connectivity index is 1.44. The molecular weight excluding hydrogens is 412 g/mol. The Hall–Kier alpha value is -2.42. The van der Waals surface area contributed by atoms with E-state index in [1.807, 2.05) is 12.1 Å². The minimum atomic E-state index is 0.615. The van der Waals surface area contributed by atoms with Gasteiger partial charge in [0.2, 0.25) is 0 Å². The molecule has 0 spiro atoms. The van der Waals surface area contributed by atoms with Gasteiger partial charge >= 0.3 is 0 Å². The smallest absolute Gasteiger partial charge is 0.166 e. The minimum Gasteiger partial charge on any atom is -0.490 e. The molecule has 0 amide bonds. The molecule has 0 radical (unpaired) electrons. The molecule has 0 saturated carbocycles. The Morgan fingerprint density at radius 1 is 1.06 bits per heavy atom. The van der Waals surface area contributed by atoms with Gasteiger partial charge in [-0.3, -0.25) is 4.90 Å². The predicted molar refractivity (Wildman–Crippen MR) is 122 cm³/mol. The molecule has 0 aliphatic carbocycles. The maximum absolute atomic E-state index is 5.99. The molecule has 164 valence electrons. The van der Waals surface area contributed by atoms with Crippen molar-refractivity contribution in [3.8, 4) is 11.5 Å². The highest BCUT2D eigenvalue weighted by Crippen LogP contribution is 2.36. The van der Waals surface area contributed by atoms with Crippen molar-refractivity contribution in [1.82, 2.24) is 14.9 Å². The van der Waals surface area contributed by atoms with Gasteiger partial charge in [-0.25, -0.2) is 9.97 Å². The van der Waals surface area contributed by atoms with Crippen LogP contribution in [0, 0.1) is 13.8 Å². The van der Waals surface area contributed by atoms with Gasteiger partial charge in [-0.1, -0.05) is 12.1 Å². The van der Waals surface area contributed by atoms with E-state index < -0.39 is 0 Å². The Kier molecular flexibility index (Phi) is 5.93. The lowest BCUT2D eigenvalue weighted by molar-refractivity contribution is 0.0331. The van der Waals surface area contributed by atoms with Crippen LogP contribution in [0.5, 0.6) is 11.5 Å². The van der Waals surface area contributed by atoms with E-state index in [2.05, 4.69) is 30.1 Å². The second kappa shape index (κ2) is 8.98. The van der Waals surface area contributed by atoms with Gasteiger partial charge in [-0.05, 0) is 25.5 Å². The Labute approximate surface area is 186 Å². The molecule has 0 bridgehead atoms. The number of fused-ring (bicyclic) bond motifs is 2. The van der Waals surface area contributed by atoms with Crippen molar-refractivity contribution in [2.45, 2.75) is 33.4 Å². The quantitative estimate of drug-likeness (QED) is 0.645. The maximum Gasteiger partial charge on any atom is 0.166 e. The van der Waals surface area contributed by atoms with Crippen molar-refractivity contribution in [1.29, 1.82) is 0 Å². The fourth-order valence-electron chi connectivity index (χ4n) is 4.02. The summed E-state index contributed by atoms with van der Waals surface area (Å²) in [4.78, 5) is 14.5. The number of nitrogens with one attached hydrogen (secondary N) is 1. The number of morpholine rings is 1. The average molecular weight is 441 g/mol. The van der Waals surface area contributed by atoms with Crippen LogP contribution in [0.1, 0.15) is 28.2 Å². The van der Waals surface area contributed by atoms with E-state index in [0.29, 0.717) is 19.8 Å². The van der Waals surface area contributed by atoms with E-state index in [-0.39, 0.29) is 0 Å². The van der Waals surface area contributed by atoms with Crippen molar-refractivity contribution in [3.05, 3.63) is 40.0 Å². The fourth-order valence-corrected chi connectivity index (χ4v) is 5.07. The van der Waals surface area contributed by atoms with Gasteiger partial charge < -0.3 is 19.5 Å². The van der Waals surface area contributed by atoms with Crippen LogP contribution in [-0.4, -0.2) is 54.4 Å². The molecule has 1 fully saturated rings. The summed E-state index contributed by atoms with van der Waals surface area (Å²) in [6.45, 7) is 10.4. The summed E-state index contributed by atoms with van der Waals surface area (Å²) in [6.07, 6.45) is 0.895. The third-order valence-corrected chi connectivity index (χ3v) is 6.94. The monoisotopic (exact) mass is 440 g/mol. The van der Waals surface area contributed by atoms with Gasteiger partial charge in [0.1, 0.15) is 16.5 Å². The van der Waals surface area contributed by atoms with Crippen molar-refractivity contribution < 1.29 is 14.2 Å². The summed E-state index contributed by atoms with van der Waals surface area (Å²) in [5.74, 6) is 3.40. The van der Waals surface area contributed by atoms with E-state index >= 15 is 0 Å². The molecule has 7 nitrogen and oxygen atoms in total. The van der Waals surface area contributed by atoms with Crippen molar-refractivity contribution in [2.75, 3.05) is 44.8 Å². The number of thiophene rings is 1. The molecule has 4 heterocycles. The van der Waals surface area contributed by atoms with Gasteiger partial charge in [-0.2, -0.15) is 0 Å². The number of rotatable bonds is 5. The zero-order chi connectivity index (χ0) is 21.2. The predicted octanol–water partition coefficient (Wildman–Crippen LogP) is 3.91. The second-order valence-corrected chi connectivity index (χ2v) is 9.19. The first-order chi connectivity index (χ1) is 15.2. The number of aryl methyl sites for hydroxylation is 2. The van der Waals surface area contributed by atoms with Crippen LogP contribution in [-0.2, 0) is 17.8 Å². The Morgan fingerprint density at radius 3 is 2.77 bits per heavy atom. The molecule has 3 aromatic rings. The van der Waals surface area contributed by atoms with Gasteiger partial charge in [0.05, 0.1) is 38.4 Å². The first-order valence-corrected chi connectivity index (χ1v) is 11.7. The lowest BCUT2D eigenvalue weighted by Gasteiger charge is -2.25. The highest BCUT2D eigenvalue weighted by atomic mass is 32.1. The van der Waals surface area contributed by atoms with Crippen LogP contribution in [0.25, 0.3) is 10.2 Å². The minimum absolute atomic E-state index is 0.615. The number of hydrogen-bond acceptors (Lipinski definition) is 8. The zero-order valence-corrected chi connectivity index (χ0v) is 18.9. The number of nitrogens with zero attached hydrogens (tertiary/aromatic N) is 3. The van der Waals surface area contributed by atoms with E-state index in [1.54, 1.807) is 11.3 Å². The van der Waals surface area contributed by atoms with Gasteiger partial charge in [-0.15, -0.1) is 11.3 Å². The molecule has 2 aliphatic heterocycles. The zero-order valence-electron chi connectivity index (χ0n) is 18.1. The lowest BCUT2D eigenvalue weighted by atomic mass is 10.1. The highest BCUT2D eigenvalue weighted by Gasteiger charge is 2.19. The molecule has 1 aromatic carbocycles. The number of hydrogen-bond donors (Lipinski definition) is 1. The van der Waals surface area contributed by atoms with Crippen LogP contribution in [0.2, 0.25) is 0 Å². The summed E-state index contributed by atoms with van der Waals surface area (Å²) < 4.78 is 17.3. The number of para-hydroxylation sites is 1. The van der Waals surface area contributed by atoms with E-state index in [4.69, 9.17) is 24.2 Å². The standard InChI is InChI=1S/C23H28N4O3S/c1-15-16(2)31-23-20(15)22(25-19(26-23)14-27-7-11-28-12-8-27)24-13-17-5-3-6-18-21(17)30-10-4-9-29-18/h3,5-6H,4,7-14H2,1-2H3,(H,24,25,26). The summed E-state index contributed by atoms with van der Waals surface area (Å²) >= 11 is 1.74. The second-order valence-electron chi connectivity index (χ2n) is 7.99. The van der Waals surface area contributed by atoms with Gasteiger partial charge in [0, 0.05) is 36.5 Å². The Bertz CT molecular complexity index is 1080. The average Bonchev–Trinajstić information content (AvgIpc) is 2.94. The first-order valence-electron chi connectivity index (χ1n) is 10.9. The normalized spacial score (nSPS) is 17.0. The third-order valence-electron chi connectivity index (χ3n) is 5.84. The van der Waals surface area contributed by atoms with E-state index in [0.717, 1.165) is 78.2 Å². The van der Waals surface area contributed by atoms with Crippen LogP contribution in [0.15, 0.2) is 18.2 Å². The van der Waals surface area contributed by atoms with Crippen LogP contribution >= 0.6 is 11.3 Å². The molecule has 1 N–H and O–H groups in total. The maximum atomic E-state index is 5.99. The number of benzene rings is 1. The summed E-state index contributed by atoms with van der Waals surface area (Å²) in [5.41, 5.74) is 2.32. The first kappa shape index (κ1) is 20.5. The molecule has 2 aliphatic rings. The lowest BCUT2D eigenvalue weighted by Crippen LogP contribution is -2.36. The van der Waals surface area contributed by atoms with Gasteiger partial charge in [0.15, 0.2) is 11.5 Å². The van der Waals surface area contributed by atoms with Gasteiger partial charge in [0.25, 0.3) is 0 Å². The highest BCUT2D eigenvalue weighted by molar-refractivity contribution is 7.18. The molecule has 8 heteroatoms. The molecule has 31 heavy (non-hydrogen) atoms. The molecule has 0 atom stereocenters. The topological polar surface area (TPSA) is 68.7 Å². The van der Waals surface area contributed by atoms with E-state index in [9.17, 15) is 0 Å². The number of ether oxygens (including phenoxy) is 3. The Morgan fingerprint density at radius 2 is 1.90 bits per heavy atom. The SMILES string of the molecule is Cc1sc2nc(CN3CCOCC3)nc(NCc3cccc4c3OCCCO4)c2c1C. The van der Waals surface area contributed by atoms with Crippen molar-refractivity contribution in [3.63, 3.8) is 0 Å².